The normalized spacial score (nSPS) is 12.5. The number of pyridine rings is 1. The third kappa shape index (κ3) is 5.48. The summed E-state index contributed by atoms with van der Waals surface area (Å²) in [6, 6.07) is 12.1. The largest absolute Gasteiger partial charge is 0.480 e. The summed E-state index contributed by atoms with van der Waals surface area (Å²) in [7, 11) is 0. The van der Waals surface area contributed by atoms with Gasteiger partial charge in [-0.15, -0.1) is 0 Å². The van der Waals surface area contributed by atoms with E-state index in [1.807, 2.05) is 0 Å². The SMILES string of the molecule is CCOC(=O)C[C@@H](c1ccc([N+](=O)[O-])cc1)[C@@H](NC(=O)c1cccc2cccnc12)C(=O)O. The number of nitro groups is 1. The fourth-order valence-corrected chi connectivity index (χ4v) is 3.51. The first kappa shape index (κ1) is 23.3. The fourth-order valence-electron chi connectivity index (χ4n) is 3.51. The summed E-state index contributed by atoms with van der Waals surface area (Å²) in [4.78, 5) is 52.0. The molecular formula is C23H21N3O7. The van der Waals surface area contributed by atoms with Gasteiger partial charge < -0.3 is 15.2 Å². The molecule has 2 aromatic carbocycles. The summed E-state index contributed by atoms with van der Waals surface area (Å²) in [6.07, 6.45) is 1.17. The predicted octanol–water partition coefficient (Wildman–Crippen LogP) is 3.06. The van der Waals surface area contributed by atoms with E-state index in [0.29, 0.717) is 16.5 Å². The zero-order valence-corrected chi connectivity index (χ0v) is 17.6. The van der Waals surface area contributed by atoms with Crippen molar-refractivity contribution >= 4 is 34.4 Å². The van der Waals surface area contributed by atoms with Crippen molar-refractivity contribution in [3.8, 4) is 0 Å². The zero-order chi connectivity index (χ0) is 24.0. The van der Waals surface area contributed by atoms with Gasteiger partial charge in [0.2, 0.25) is 0 Å². The van der Waals surface area contributed by atoms with Gasteiger partial charge >= 0.3 is 11.9 Å². The molecule has 1 aromatic heterocycles. The number of carboxylic acid groups (broad SMARTS) is 1. The quantitative estimate of drug-likeness (QED) is 0.286. The van der Waals surface area contributed by atoms with Crippen LogP contribution < -0.4 is 5.32 Å². The third-order valence-electron chi connectivity index (χ3n) is 5.06. The molecule has 1 heterocycles. The molecule has 3 rings (SSSR count). The number of aromatic nitrogens is 1. The van der Waals surface area contributed by atoms with Crippen molar-refractivity contribution in [3.63, 3.8) is 0 Å². The molecule has 170 valence electrons. The molecule has 0 saturated carbocycles. The molecule has 0 radical (unpaired) electrons. The number of non-ortho nitro benzene ring substituents is 1. The van der Waals surface area contributed by atoms with E-state index >= 15 is 0 Å². The number of hydrogen-bond donors (Lipinski definition) is 2. The number of carbonyl (C=O) groups excluding carboxylic acids is 2. The minimum Gasteiger partial charge on any atom is -0.480 e. The van der Waals surface area contributed by atoms with Crippen molar-refractivity contribution in [2.75, 3.05) is 6.61 Å². The van der Waals surface area contributed by atoms with Crippen LogP contribution >= 0.6 is 0 Å². The molecule has 2 N–H and O–H groups in total. The van der Waals surface area contributed by atoms with E-state index < -0.39 is 34.7 Å². The Morgan fingerprint density at radius 3 is 2.45 bits per heavy atom. The van der Waals surface area contributed by atoms with Crippen LogP contribution in [-0.2, 0) is 14.3 Å². The summed E-state index contributed by atoms with van der Waals surface area (Å²) in [5, 5.41) is 24.1. The number of nitrogens with zero attached hydrogens (tertiary/aromatic N) is 2. The number of carboxylic acids is 1. The van der Waals surface area contributed by atoms with Gasteiger partial charge in [0, 0.05) is 29.6 Å². The highest BCUT2D eigenvalue weighted by Crippen LogP contribution is 2.27. The van der Waals surface area contributed by atoms with E-state index in [-0.39, 0.29) is 24.3 Å². The Labute approximate surface area is 188 Å². The molecule has 2 atom stereocenters. The van der Waals surface area contributed by atoms with Crippen LogP contribution in [0.4, 0.5) is 5.69 Å². The van der Waals surface area contributed by atoms with Gasteiger partial charge in [0.25, 0.3) is 11.6 Å². The molecule has 0 aliphatic carbocycles. The molecule has 1 amide bonds. The topological polar surface area (TPSA) is 149 Å². The smallest absolute Gasteiger partial charge is 0.326 e. The van der Waals surface area contributed by atoms with Crippen molar-refractivity contribution in [1.82, 2.24) is 10.3 Å². The Morgan fingerprint density at radius 2 is 1.82 bits per heavy atom. The maximum atomic E-state index is 13.0. The fraction of sp³-hybridized carbons (Fsp3) is 0.217. The van der Waals surface area contributed by atoms with E-state index in [0.717, 1.165) is 0 Å². The van der Waals surface area contributed by atoms with Gasteiger partial charge in [0.1, 0.15) is 6.04 Å². The second-order valence-corrected chi connectivity index (χ2v) is 7.13. The molecule has 0 bridgehead atoms. The van der Waals surface area contributed by atoms with Crippen LogP contribution in [0.2, 0.25) is 0 Å². The van der Waals surface area contributed by atoms with Crippen molar-refractivity contribution in [2.24, 2.45) is 0 Å². The molecular weight excluding hydrogens is 430 g/mol. The molecule has 10 heteroatoms. The number of carbonyl (C=O) groups is 3. The average molecular weight is 451 g/mol. The molecule has 3 aromatic rings. The first-order valence-corrected chi connectivity index (χ1v) is 10.1. The van der Waals surface area contributed by atoms with Gasteiger partial charge in [0.15, 0.2) is 0 Å². The molecule has 33 heavy (non-hydrogen) atoms. The number of nitrogens with one attached hydrogen (secondary N) is 1. The summed E-state index contributed by atoms with van der Waals surface area (Å²) in [5.41, 5.74) is 0.723. The number of aliphatic carboxylic acids is 1. The van der Waals surface area contributed by atoms with Gasteiger partial charge in [-0.25, -0.2) is 4.79 Å². The predicted molar refractivity (Wildman–Crippen MR) is 118 cm³/mol. The first-order chi connectivity index (χ1) is 15.8. The number of esters is 1. The Bertz CT molecular complexity index is 1190. The van der Waals surface area contributed by atoms with Crippen molar-refractivity contribution in [2.45, 2.75) is 25.3 Å². The van der Waals surface area contributed by atoms with Gasteiger partial charge in [-0.3, -0.25) is 24.7 Å². The summed E-state index contributed by atoms with van der Waals surface area (Å²) < 4.78 is 4.97. The first-order valence-electron chi connectivity index (χ1n) is 10.1. The van der Waals surface area contributed by atoms with E-state index in [4.69, 9.17) is 4.74 Å². The maximum absolute atomic E-state index is 13.0. The van der Waals surface area contributed by atoms with E-state index in [1.165, 1.54) is 36.5 Å². The monoisotopic (exact) mass is 451 g/mol. The second kappa shape index (κ2) is 10.3. The number of ether oxygens (including phenoxy) is 1. The van der Waals surface area contributed by atoms with Crippen LogP contribution in [0.5, 0.6) is 0 Å². The molecule has 10 nitrogen and oxygen atoms in total. The lowest BCUT2D eigenvalue weighted by Crippen LogP contribution is -2.45. The number of para-hydroxylation sites is 1. The van der Waals surface area contributed by atoms with Gasteiger partial charge in [-0.05, 0) is 24.6 Å². The van der Waals surface area contributed by atoms with Crippen molar-refractivity contribution < 1.29 is 29.2 Å². The lowest BCUT2D eigenvalue weighted by molar-refractivity contribution is -0.384. The highest BCUT2D eigenvalue weighted by molar-refractivity contribution is 6.06. The minimum absolute atomic E-state index is 0.0948. The standard InChI is InChI=1S/C23H21N3O7/c1-2-33-19(27)13-18(14-8-10-16(11-9-14)26(31)32)21(23(29)30)25-22(28)17-7-3-5-15-6-4-12-24-20(15)17/h3-12,18,21H,2,13H2,1H3,(H,25,28)(H,29,30)/t18-,21+/m0/s1. The Balaban J connectivity index is 1.97. The Kier molecular flexibility index (Phi) is 7.29. The van der Waals surface area contributed by atoms with E-state index in [9.17, 15) is 29.6 Å². The van der Waals surface area contributed by atoms with Crippen LogP contribution in [0.1, 0.15) is 35.2 Å². The lowest BCUT2D eigenvalue weighted by Gasteiger charge is -2.25. The number of fused-ring (bicyclic) bond motifs is 1. The highest BCUT2D eigenvalue weighted by Gasteiger charge is 2.34. The van der Waals surface area contributed by atoms with Crippen LogP contribution in [0.25, 0.3) is 10.9 Å². The Morgan fingerprint density at radius 1 is 1.12 bits per heavy atom. The number of hydrogen-bond acceptors (Lipinski definition) is 7. The van der Waals surface area contributed by atoms with Gasteiger partial charge in [-0.1, -0.05) is 30.3 Å². The van der Waals surface area contributed by atoms with Crippen LogP contribution in [0.15, 0.2) is 60.8 Å². The third-order valence-corrected chi connectivity index (χ3v) is 5.06. The molecule has 0 saturated heterocycles. The molecule has 0 aliphatic heterocycles. The van der Waals surface area contributed by atoms with Crippen LogP contribution in [0.3, 0.4) is 0 Å². The molecule has 0 spiro atoms. The molecule has 0 aliphatic rings. The van der Waals surface area contributed by atoms with E-state index in [2.05, 4.69) is 10.3 Å². The zero-order valence-electron chi connectivity index (χ0n) is 17.6. The summed E-state index contributed by atoms with van der Waals surface area (Å²) in [5.74, 6) is -3.74. The number of rotatable bonds is 9. The number of amides is 1. The highest BCUT2D eigenvalue weighted by atomic mass is 16.6. The van der Waals surface area contributed by atoms with E-state index in [1.54, 1.807) is 31.2 Å². The van der Waals surface area contributed by atoms with Crippen molar-refractivity contribution in [3.05, 3.63) is 82.0 Å². The minimum atomic E-state index is -1.51. The second-order valence-electron chi connectivity index (χ2n) is 7.13. The lowest BCUT2D eigenvalue weighted by atomic mass is 9.88. The van der Waals surface area contributed by atoms with Gasteiger partial charge in [-0.2, -0.15) is 0 Å². The molecule has 0 unspecified atom stereocenters. The van der Waals surface area contributed by atoms with Gasteiger partial charge in [0.05, 0.1) is 29.0 Å². The molecule has 0 fully saturated rings. The number of benzene rings is 2. The Hall–Kier alpha value is -4.34. The average Bonchev–Trinajstić information content (AvgIpc) is 2.80. The summed E-state index contributed by atoms with van der Waals surface area (Å²) in [6.45, 7) is 1.71. The van der Waals surface area contributed by atoms with Crippen molar-refractivity contribution in [1.29, 1.82) is 0 Å². The summed E-state index contributed by atoms with van der Waals surface area (Å²) >= 11 is 0. The maximum Gasteiger partial charge on any atom is 0.326 e. The number of nitro benzene ring substituents is 1. The van der Waals surface area contributed by atoms with Crippen LogP contribution in [-0.4, -0.2) is 45.5 Å². The van der Waals surface area contributed by atoms with Crippen LogP contribution in [0, 0.1) is 10.1 Å².